The Morgan fingerprint density at radius 3 is 2.69 bits per heavy atom. The lowest BCUT2D eigenvalue weighted by Crippen LogP contribution is -2.47. The van der Waals surface area contributed by atoms with Gasteiger partial charge < -0.3 is 5.32 Å². The van der Waals surface area contributed by atoms with Gasteiger partial charge in [0, 0.05) is 12.6 Å². The maximum absolute atomic E-state index is 12.4. The highest BCUT2D eigenvalue weighted by Crippen LogP contribution is 2.17. The molecule has 0 aromatic heterocycles. The molecule has 1 atom stereocenters. The lowest BCUT2D eigenvalue weighted by molar-refractivity contribution is 0.0490. The number of hydrogen-bond acceptors (Lipinski definition) is 2. The van der Waals surface area contributed by atoms with Gasteiger partial charge in [-0.1, -0.05) is 20.3 Å². The second kappa shape index (κ2) is 7.17. The molecule has 1 unspecified atom stereocenters. The van der Waals surface area contributed by atoms with Crippen LogP contribution in [0.2, 0.25) is 0 Å². The Hall–Kier alpha value is -0.220. The van der Waals surface area contributed by atoms with Crippen molar-refractivity contribution in [3.63, 3.8) is 0 Å². The molecule has 1 rings (SSSR count). The minimum Gasteiger partial charge on any atom is -0.315 e. The molecule has 0 saturated carbocycles. The molecule has 0 spiro atoms. The van der Waals surface area contributed by atoms with Gasteiger partial charge in [-0.15, -0.1) is 0 Å². The van der Waals surface area contributed by atoms with Crippen LogP contribution in [0.15, 0.2) is 0 Å². The van der Waals surface area contributed by atoms with Crippen molar-refractivity contribution in [3.8, 4) is 0 Å². The quantitative estimate of drug-likeness (QED) is 0.759. The summed E-state index contributed by atoms with van der Waals surface area (Å²) in [4.78, 5) is 1.95. The number of alkyl halides is 2. The largest absolute Gasteiger partial charge is 0.315 e. The Kier molecular flexibility index (Phi) is 6.21. The van der Waals surface area contributed by atoms with Crippen LogP contribution in [0.3, 0.4) is 0 Å². The molecule has 96 valence electrons. The summed E-state index contributed by atoms with van der Waals surface area (Å²) in [6.07, 6.45) is 1.09. The van der Waals surface area contributed by atoms with Gasteiger partial charge in [-0.25, -0.2) is 8.78 Å². The predicted molar refractivity (Wildman–Crippen MR) is 62.9 cm³/mol. The first-order chi connectivity index (χ1) is 7.59. The fourth-order valence-electron chi connectivity index (χ4n) is 2.25. The molecule has 0 aromatic carbocycles. The van der Waals surface area contributed by atoms with Gasteiger partial charge in [0.1, 0.15) is 0 Å². The van der Waals surface area contributed by atoms with Crippen LogP contribution in [0.1, 0.15) is 33.1 Å². The maximum atomic E-state index is 12.4. The van der Waals surface area contributed by atoms with E-state index in [0.717, 1.165) is 32.5 Å². The van der Waals surface area contributed by atoms with Crippen LogP contribution in [0, 0.1) is 5.92 Å². The number of hydrogen-bond donors (Lipinski definition) is 1. The summed E-state index contributed by atoms with van der Waals surface area (Å²) >= 11 is 0. The Bertz CT molecular complexity index is 186. The highest BCUT2D eigenvalue weighted by Gasteiger charge is 2.24. The van der Waals surface area contributed by atoms with Gasteiger partial charge in [0.05, 0.1) is 6.54 Å². The number of rotatable bonds is 6. The lowest BCUT2D eigenvalue weighted by Gasteiger charge is -2.35. The van der Waals surface area contributed by atoms with Gasteiger partial charge in [0.25, 0.3) is 6.43 Å². The first kappa shape index (κ1) is 13.8. The molecule has 0 aliphatic carbocycles. The molecule has 1 heterocycles. The van der Waals surface area contributed by atoms with E-state index in [0.29, 0.717) is 12.0 Å². The van der Waals surface area contributed by atoms with E-state index in [9.17, 15) is 8.78 Å². The third kappa shape index (κ3) is 5.21. The standard InChI is InChI=1S/C12H24F2N2/c1-10(2)7-15-8-11-5-3-4-6-16(11)9-12(13)14/h10-12,15H,3-9H2,1-2H3. The van der Waals surface area contributed by atoms with E-state index in [-0.39, 0.29) is 6.54 Å². The van der Waals surface area contributed by atoms with Crippen molar-refractivity contribution in [2.45, 2.75) is 45.6 Å². The summed E-state index contributed by atoms with van der Waals surface area (Å²) in [7, 11) is 0. The van der Waals surface area contributed by atoms with E-state index in [1.165, 1.54) is 6.42 Å². The fraction of sp³-hybridized carbons (Fsp3) is 1.00. The molecule has 1 N–H and O–H groups in total. The predicted octanol–water partition coefficient (Wildman–Crippen LogP) is 2.35. The van der Waals surface area contributed by atoms with Crippen LogP contribution in [0.25, 0.3) is 0 Å². The molecule has 0 amide bonds. The summed E-state index contributed by atoms with van der Waals surface area (Å²) in [5.41, 5.74) is 0. The molecule has 1 fully saturated rings. The lowest BCUT2D eigenvalue weighted by atomic mass is 10.0. The highest BCUT2D eigenvalue weighted by atomic mass is 19.3. The van der Waals surface area contributed by atoms with Crippen LogP contribution in [-0.2, 0) is 0 Å². The van der Waals surface area contributed by atoms with Gasteiger partial charge in [-0.2, -0.15) is 0 Å². The zero-order valence-electron chi connectivity index (χ0n) is 10.4. The van der Waals surface area contributed by atoms with E-state index in [1.807, 2.05) is 4.90 Å². The van der Waals surface area contributed by atoms with E-state index in [1.54, 1.807) is 0 Å². The molecule has 16 heavy (non-hydrogen) atoms. The Morgan fingerprint density at radius 1 is 1.31 bits per heavy atom. The fourth-order valence-corrected chi connectivity index (χ4v) is 2.25. The second-order valence-corrected chi connectivity index (χ2v) is 5.09. The van der Waals surface area contributed by atoms with Crippen LogP contribution in [0.5, 0.6) is 0 Å². The molecule has 4 heteroatoms. The molecule has 0 radical (unpaired) electrons. The van der Waals surface area contributed by atoms with Crippen molar-refractivity contribution < 1.29 is 8.78 Å². The summed E-state index contributed by atoms with van der Waals surface area (Å²) in [5, 5.41) is 3.37. The van der Waals surface area contributed by atoms with Gasteiger partial charge in [-0.05, 0) is 31.8 Å². The van der Waals surface area contributed by atoms with Crippen molar-refractivity contribution in [1.82, 2.24) is 10.2 Å². The van der Waals surface area contributed by atoms with Crippen LogP contribution >= 0.6 is 0 Å². The first-order valence-corrected chi connectivity index (χ1v) is 6.32. The molecule has 1 aliphatic heterocycles. The van der Waals surface area contributed by atoms with Gasteiger partial charge in [0.2, 0.25) is 0 Å². The number of piperidine rings is 1. The SMILES string of the molecule is CC(C)CNCC1CCCCN1CC(F)F. The first-order valence-electron chi connectivity index (χ1n) is 6.32. The monoisotopic (exact) mass is 234 g/mol. The summed E-state index contributed by atoms with van der Waals surface area (Å²) in [6.45, 7) is 6.91. The van der Waals surface area contributed by atoms with Crippen LogP contribution < -0.4 is 5.32 Å². The van der Waals surface area contributed by atoms with Gasteiger partial charge in [-0.3, -0.25) is 4.90 Å². The Balaban J connectivity index is 2.29. The third-order valence-electron chi connectivity index (χ3n) is 3.05. The minimum absolute atomic E-state index is 0.0615. The Morgan fingerprint density at radius 2 is 2.06 bits per heavy atom. The normalized spacial score (nSPS) is 23.2. The molecular formula is C12H24F2N2. The van der Waals surface area contributed by atoms with Gasteiger partial charge in [0.15, 0.2) is 0 Å². The van der Waals surface area contributed by atoms with Crippen LogP contribution in [0.4, 0.5) is 8.78 Å². The molecule has 0 bridgehead atoms. The zero-order chi connectivity index (χ0) is 12.0. The van der Waals surface area contributed by atoms with Crippen molar-refractivity contribution in [2.24, 2.45) is 5.92 Å². The summed E-state index contributed by atoms with van der Waals surface area (Å²) in [5.74, 6) is 0.618. The molecule has 1 aliphatic rings. The average molecular weight is 234 g/mol. The van der Waals surface area contributed by atoms with E-state index in [4.69, 9.17) is 0 Å². The average Bonchev–Trinajstić information content (AvgIpc) is 2.19. The van der Waals surface area contributed by atoms with E-state index < -0.39 is 6.43 Å². The minimum atomic E-state index is -2.20. The summed E-state index contributed by atoms with van der Waals surface area (Å²) < 4.78 is 24.8. The molecule has 1 saturated heterocycles. The van der Waals surface area contributed by atoms with Crippen molar-refractivity contribution in [1.29, 1.82) is 0 Å². The van der Waals surface area contributed by atoms with Gasteiger partial charge >= 0.3 is 0 Å². The highest BCUT2D eigenvalue weighted by molar-refractivity contribution is 4.79. The number of halogens is 2. The van der Waals surface area contributed by atoms with E-state index >= 15 is 0 Å². The third-order valence-corrected chi connectivity index (χ3v) is 3.05. The number of nitrogens with one attached hydrogen (secondary N) is 1. The van der Waals surface area contributed by atoms with Crippen LogP contribution in [-0.4, -0.2) is 43.5 Å². The summed E-state index contributed by atoms with van der Waals surface area (Å²) in [6, 6.07) is 0.307. The Labute approximate surface area is 97.4 Å². The van der Waals surface area contributed by atoms with Crippen molar-refractivity contribution in [2.75, 3.05) is 26.2 Å². The van der Waals surface area contributed by atoms with Crippen molar-refractivity contribution in [3.05, 3.63) is 0 Å². The molecule has 2 nitrogen and oxygen atoms in total. The van der Waals surface area contributed by atoms with E-state index in [2.05, 4.69) is 19.2 Å². The second-order valence-electron chi connectivity index (χ2n) is 5.09. The smallest absolute Gasteiger partial charge is 0.251 e. The maximum Gasteiger partial charge on any atom is 0.251 e. The molecule has 0 aromatic rings. The number of likely N-dealkylation sites (tertiary alicyclic amines) is 1. The topological polar surface area (TPSA) is 15.3 Å². The molecular weight excluding hydrogens is 210 g/mol. The zero-order valence-corrected chi connectivity index (χ0v) is 10.4. The van der Waals surface area contributed by atoms with Crippen molar-refractivity contribution >= 4 is 0 Å². The number of nitrogens with zero attached hydrogens (tertiary/aromatic N) is 1.